The number of aryl methyl sites for hydroxylation is 1. The first-order valence-corrected chi connectivity index (χ1v) is 8.78. The van der Waals surface area contributed by atoms with E-state index in [4.69, 9.17) is 11.6 Å². The van der Waals surface area contributed by atoms with Crippen molar-refractivity contribution in [1.82, 2.24) is 10.2 Å². The minimum Gasteiger partial charge on any atom is -0.356 e. The van der Waals surface area contributed by atoms with Crippen LogP contribution in [0.5, 0.6) is 0 Å². The number of rotatable bonds is 6. The fraction of sp³-hybridized carbons (Fsp3) is 0.556. The van der Waals surface area contributed by atoms with Crippen molar-refractivity contribution in [3.8, 4) is 0 Å². The van der Waals surface area contributed by atoms with Gasteiger partial charge in [0, 0.05) is 37.0 Å². The average Bonchev–Trinajstić information content (AvgIpc) is 2.59. The highest BCUT2D eigenvalue weighted by Gasteiger charge is 2.26. The molecule has 1 saturated heterocycles. The van der Waals surface area contributed by atoms with Crippen LogP contribution < -0.4 is 5.32 Å². The predicted octanol–water partition coefficient (Wildman–Crippen LogP) is 3.04. The van der Waals surface area contributed by atoms with Gasteiger partial charge in [-0.15, -0.1) is 0 Å². The molecule has 1 N–H and O–H groups in total. The Bertz CT molecular complexity index is 522. The van der Waals surface area contributed by atoms with E-state index in [1.54, 1.807) is 0 Å². The number of hydrogen-bond acceptors (Lipinski definition) is 2. The molecule has 1 fully saturated rings. The van der Waals surface area contributed by atoms with Crippen LogP contribution in [0.1, 0.15) is 38.2 Å². The van der Waals surface area contributed by atoms with Crippen LogP contribution >= 0.6 is 11.6 Å². The molecule has 0 aromatic heterocycles. The lowest BCUT2D eigenvalue weighted by atomic mass is 9.95. The number of amides is 2. The normalized spacial score (nSPS) is 15.5. The number of hydrogen-bond donors (Lipinski definition) is 1. The summed E-state index contributed by atoms with van der Waals surface area (Å²) < 4.78 is 0. The van der Waals surface area contributed by atoms with Crippen molar-refractivity contribution in [2.75, 3.05) is 19.6 Å². The predicted molar refractivity (Wildman–Crippen MR) is 92.4 cm³/mol. The Morgan fingerprint density at radius 3 is 2.48 bits per heavy atom. The van der Waals surface area contributed by atoms with Crippen molar-refractivity contribution >= 4 is 23.4 Å². The maximum atomic E-state index is 12.3. The van der Waals surface area contributed by atoms with E-state index >= 15 is 0 Å². The van der Waals surface area contributed by atoms with Crippen molar-refractivity contribution in [1.29, 1.82) is 0 Å². The first kappa shape index (κ1) is 17.8. The molecule has 0 unspecified atom stereocenters. The van der Waals surface area contributed by atoms with Gasteiger partial charge < -0.3 is 10.2 Å². The van der Waals surface area contributed by atoms with Gasteiger partial charge in [0.2, 0.25) is 11.8 Å². The van der Waals surface area contributed by atoms with Gasteiger partial charge in [0.15, 0.2) is 0 Å². The summed E-state index contributed by atoms with van der Waals surface area (Å²) in [5.41, 5.74) is 1.12. The van der Waals surface area contributed by atoms with Gasteiger partial charge in [-0.05, 0) is 43.4 Å². The SMILES string of the molecule is CCCNC(=O)C1CCN(C(=O)CCc2ccc(Cl)cc2)CC1. The summed E-state index contributed by atoms with van der Waals surface area (Å²) in [6, 6.07) is 7.61. The largest absolute Gasteiger partial charge is 0.356 e. The number of likely N-dealkylation sites (tertiary alicyclic amines) is 1. The van der Waals surface area contributed by atoms with Crippen molar-refractivity contribution in [2.24, 2.45) is 5.92 Å². The van der Waals surface area contributed by atoms with Crippen molar-refractivity contribution < 1.29 is 9.59 Å². The summed E-state index contributed by atoms with van der Waals surface area (Å²) in [6.45, 7) is 4.15. The summed E-state index contributed by atoms with van der Waals surface area (Å²) in [4.78, 5) is 26.1. The van der Waals surface area contributed by atoms with Crippen molar-refractivity contribution in [3.63, 3.8) is 0 Å². The van der Waals surface area contributed by atoms with Gasteiger partial charge in [-0.2, -0.15) is 0 Å². The van der Waals surface area contributed by atoms with E-state index in [-0.39, 0.29) is 17.7 Å². The molecule has 1 aliphatic rings. The third-order valence-electron chi connectivity index (χ3n) is 4.31. The zero-order valence-electron chi connectivity index (χ0n) is 13.7. The van der Waals surface area contributed by atoms with Gasteiger partial charge in [0.1, 0.15) is 0 Å². The number of nitrogens with one attached hydrogen (secondary N) is 1. The Labute approximate surface area is 143 Å². The van der Waals surface area contributed by atoms with Crippen LogP contribution in [0.2, 0.25) is 5.02 Å². The molecule has 0 bridgehead atoms. The third-order valence-corrected chi connectivity index (χ3v) is 4.56. The lowest BCUT2D eigenvalue weighted by Gasteiger charge is -2.31. The zero-order valence-corrected chi connectivity index (χ0v) is 14.4. The minimum absolute atomic E-state index is 0.0573. The maximum absolute atomic E-state index is 12.3. The van der Waals surface area contributed by atoms with Crippen molar-refractivity contribution in [3.05, 3.63) is 34.9 Å². The Balaban J connectivity index is 1.73. The quantitative estimate of drug-likeness (QED) is 0.868. The molecular weight excluding hydrogens is 312 g/mol. The minimum atomic E-state index is 0.0573. The van der Waals surface area contributed by atoms with E-state index in [1.165, 1.54) is 0 Å². The van der Waals surface area contributed by atoms with E-state index in [1.807, 2.05) is 36.1 Å². The highest BCUT2D eigenvalue weighted by Crippen LogP contribution is 2.19. The van der Waals surface area contributed by atoms with E-state index < -0.39 is 0 Å². The lowest BCUT2D eigenvalue weighted by Crippen LogP contribution is -2.43. The van der Waals surface area contributed by atoms with Crippen LogP contribution in [0, 0.1) is 5.92 Å². The van der Waals surface area contributed by atoms with Crippen molar-refractivity contribution in [2.45, 2.75) is 39.0 Å². The topological polar surface area (TPSA) is 49.4 Å². The first-order valence-electron chi connectivity index (χ1n) is 8.40. The molecule has 2 amide bonds. The summed E-state index contributed by atoms with van der Waals surface area (Å²) in [5, 5.41) is 3.66. The molecule has 1 aromatic rings. The number of carbonyl (C=O) groups excluding carboxylic acids is 2. The summed E-state index contributed by atoms with van der Waals surface area (Å²) in [6.07, 6.45) is 3.72. The molecule has 4 nitrogen and oxygen atoms in total. The van der Waals surface area contributed by atoms with Gasteiger partial charge in [-0.3, -0.25) is 9.59 Å². The standard InChI is InChI=1S/C18H25ClN2O2/c1-2-11-20-18(23)15-9-12-21(13-10-15)17(22)8-5-14-3-6-16(19)7-4-14/h3-4,6-7,15H,2,5,8-13H2,1H3,(H,20,23). The van der Waals surface area contributed by atoms with Crippen LogP contribution in [-0.4, -0.2) is 36.3 Å². The van der Waals surface area contributed by atoms with Gasteiger partial charge in [-0.25, -0.2) is 0 Å². The maximum Gasteiger partial charge on any atom is 0.223 e. The molecule has 23 heavy (non-hydrogen) atoms. The van der Waals surface area contributed by atoms with E-state index in [0.29, 0.717) is 24.5 Å². The van der Waals surface area contributed by atoms with Gasteiger partial charge in [0.25, 0.3) is 0 Å². The molecule has 0 radical (unpaired) electrons. The number of carbonyl (C=O) groups is 2. The van der Waals surface area contributed by atoms with E-state index in [2.05, 4.69) is 5.32 Å². The van der Waals surface area contributed by atoms with Crippen LogP contribution in [0.3, 0.4) is 0 Å². The Morgan fingerprint density at radius 2 is 1.87 bits per heavy atom. The number of benzene rings is 1. The Morgan fingerprint density at radius 1 is 1.22 bits per heavy atom. The monoisotopic (exact) mass is 336 g/mol. The summed E-state index contributed by atoms with van der Waals surface area (Å²) in [7, 11) is 0. The molecule has 126 valence electrons. The van der Waals surface area contributed by atoms with Crippen LogP contribution in [-0.2, 0) is 16.0 Å². The second-order valence-corrected chi connectivity index (χ2v) is 6.51. The number of nitrogens with zero attached hydrogens (tertiary/aromatic N) is 1. The van der Waals surface area contributed by atoms with Crippen LogP contribution in [0.4, 0.5) is 0 Å². The zero-order chi connectivity index (χ0) is 16.7. The molecule has 0 spiro atoms. The highest BCUT2D eigenvalue weighted by molar-refractivity contribution is 6.30. The molecule has 1 aliphatic heterocycles. The average molecular weight is 337 g/mol. The lowest BCUT2D eigenvalue weighted by molar-refractivity contribution is -0.135. The second kappa shape index (κ2) is 8.92. The highest BCUT2D eigenvalue weighted by atomic mass is 35.5. The third kappa shape index (κ3) is 5.54. The van der Waals surface area contributed by atoms with Crippen LogP contribution in [0.15, 0.2) is 24.3 Å². The molecule has 5 heteroatoms. The molecule has 0 aliphatic carbocycles. The van der Waals surface area contributed by atoms with E-state index in [9.17, 15) is 9.59 Å². The molecule has 0 saturated carbocycles. The smallest absolute Gasteiger partial charge is 0.223 e. The number of halogens is 1. The second-order valence-electron chi connectivity index (χ2n) is 6.07. The summed E-state index contributed by atoms with van der Waals surface area (Å²) >= 11 is 5.86. The summed E-state index contributed by atoms with van der Waals surface area (Å²) in [5.74, 6) is 0.370. The van der Waals surface area contributed by atoms with Gasteiger partial charge >= 0.3 is 0 Å². The Hall–Kier alpha value is -1.55. The molecule has 1 aromatic carbocycles. The molecular formula is C18H25ClN2O2. The number of piperidine rings is 1. The van der Waals surface area contributed by atoms with Crippen LogP contribution in [0.25, 0.3) is 0 Å². The van der Waals surface area contributed by atoms with Gasteiger partial charge in [-0.1, -0.05) is 30.7 Å². The Kier molecular flexibility index (Phi) is 6.90. The fourth-order valence-corrected chi connectivity index (χ4v) is 2.97. The molecule has 2 rings (SSSR count). The molecule has 1 heterocycles. The molecule has 0 atom stereocenters. The van der Waals surface area contributed by atoms with E-state index in [0.717, 1.165) is 37.8 Å². The van der Waals surface area contributed by atoms with Gasteiger partial charge in [0.05, 0.1) is 0 Å². The first-order chi connectivity index (χ1) is 11.1. The fourth-order valence-electron chi connectivity index (χ4n) is 2.84.